The zero-order chi connectivity index (χ0) is 15.2. The van der Waals surface area contributed by atoms with Gasteiger partial charge in [0.1, 0.15) is 12.0 Å². The van der Waals surface area contributed by atoms with E-state index in [0.29, 0.717) is 0 Å². The van der Waals surface area contributed by atoms with Crippen LogP contribution < -0.4 is 0 Å². The van der Waals surface area contributed by atoms with Gasteiger partial charge in [0.15, 0.2) is 5.84 Å². The normalized spacial score (nSPS) is 16.6. The molecule has 116 valence electrons. The molecule has 1 fully saturated rings. The lowest BCUT2D eigenvalue weighted by Gasteiger charge is -2.19. The smallest absolute Gasteiger partial charge is 0.185 e. The second kappa shape index (κ2) is 7.45. The number of thioether (sulfide) groups is 1. The minimum atomic E-state index is 0.851. The lowest BCUT2D eigenvalue weighted by molar-refractivity contribution is 0.299. The summed E-state index contributed by atoms with van der Waals surface area (Å²) in [5.74, 6) is 0.851. The summed E-state index contributed by atoms with van der Waals surface area (Å²) in [6, 6.07) is 4.05. The second-order valence-electron chi connectivity index (χ2n) is 5.32. The first-order chi connectivity index (χ1) is 10.9. The van der Waals surface area contributed by atoms with Crippen LogP contribution in [0.2, 0.25) is 0 Å². The molecule has 0 N–H and O–H groups in total. The molecule has 22 heavy (non-hydrogen) atoms. The third-order valence-corrected chi connectivity index (χ3v) is 4.54. The molecule has 1 saturated heterocycles. The van der Waals surface area contributed by atoms with Gasteiger partial charge in [0.2, 0.25) is 0 Å². The molecule has 0 saturated carbocycles. The van der Waals surface area contributed by atoms with Gasteiger partial charge in [-0.1, -0.05) is 12.8 Å². The van der Waals surface area contributed by atoms with Crippen LogP contribution in [0.1, 0.15) is 31.4 Å². The number of rotatable bonds is 3. The molecule has 1 aliphatic heterocycles. The number of pyridine rings is 1. The first-order valence-electron chi connectivity index (χ1n) is 7.70. The zero-order valence-electron chi connectivity index (χ0n) is 12.9. The van der Waals surface area contributed by atoms with Crippen LogP contribution in [0.25, 0.3) is 0 Å². The standard InChI is InChI=1S/C16H21N5S/c1-22-14-7-6-8-18-15(14)16(20-12-9-17-13-20)19-21-10-4-2-3-5-11-21/h6-9,12-13H,2-5,10-11H2,1H3. The molecule has 0 aromatic carbocycles. The van der Waals surface area contributed by atoms with Gasteiger partial charge >= 0.3 is 0 Å². The molecular weight excluding hydrogens is 294 g/mol. The molecule has 0 bridgehead atoms. The topological polar surface area (TPSA) is 46.3 Å². The number of hydrazone groups is 1. The van der Waals surface area contributed by atoms with Gasteiger partial charge in [-0.25, -0.2) is 4.98 Å². The molecular formula is C16H21N5S. The molecule has 0 spiro atoms. The summed E-state index contributed by atoms with van der Waals surface area (Å²) in [5.41, 5.74) is 0.914. The predicted octanol–water partition coefficient (Wildman–Crippen LogP) is 3.09. The molecule has 2 aromatic rings. The van der Waals surface area contributed by atoms with E-state index >= 15 is 0 Å². The molecule has 0 atom stereocenters. The van der Waals surface area contributed by atoms with Crippen molar-refractivity contribution in [2.75, 3.05) is 19.3 Å². The summed E-state index contributed by atoms with van der Waals surface area (Å²) in [7, 11) is 0. The SMILES string of the molecule is CSc1cccnc1C(=NN1CCCCCC1)n1ccnc1. The van der Waals surface area contributed by atoms with E-state index < -0.39 is 0 Å². The second-order valence-corrected chi connectivity index (χ2v) is 6.16. The molecule has 1 aliphatic rings. The molecule has 0 unspecified atom stereocenters. The number of hydrogen-bond acceptors (Lipinski definition) is 5. The van der Waals surface area contributed by atoms with Crippen LogP contribution in [0.4, 0.5) is 0 Å². The Bertz CT molecular complexity index is 615. The Kier molecular flexibility index (Phi) is 5.11. The molecule has 3 heterocycles. The lowest BCUT2D eigenvalue weighted by atomic mass is 10.2. The molecule has 5 nitrogen and oxygen atoms in total. The molecule has 2 aromatic heterocycles. The van der Waals surface area contributed by atoms with Gasteiger partial charge in [0.05, 0.1) is 0 Å². The first-order valence-corrected chi connectivity index (χ1v) is 8.92. The maximum absolute atomic E-state index is 4.91. The fourth-order valence-electron chi connectivity index (χ4n) is 2.62. The van der Waals surface area contributed by atoms with Gasteiger partial charge < -0.3 is 0 Å². The summed E-state index contributed by atoms with van der Waals surface area (Å²) in [5, 5.41) is 7.10. The van der Waals surface area contributed by atoms with Crippen LogP contribution >= 0.6 is 11.8 Å². The van der Waals surface area contributed by atoms with E-state index in [1.54, 1.807) is 24.3 Å². The Hall–Kier alpha value is -1.82. The third-order valence-electron chi connectivity index (χ3n) is 3.77. The molecule has 0 aliphatic carbocycles. The highest BCUT2D eigenvalue weighted by Crippen LogP contribution is 2.20. The van der Waals surface area contributed by atoms with E-state index in [4.69, 9.17) is 5.10 Å². The zero-order valence-corrected chi connectivity index (χ0v) is 13.7. The Morgan fingerprint density at radius 3 is 2.68 bits per heavy atom. The van der Waals surface area contributed by atoms with Crippen LogP contribution in [0.15, 0.2) is 47.0 Å². The van der Waals surface area contributed by atoms with Gasteiger partial charge in [0.25, 0.3) is 0 Å². The van der Waals surface area contributed by atoms with Gasteiger partial charge in [0, 0.05) is 36.6 Å². The monoisotopic (exact) mass is 315 g/mol. The summed E-state index contributed by atoms with van der Waals surface area (Å²) < 4.78 is 1.95. The van der Waals surface area contributed by atoms with Crippen LogP contribution in [0.5, 0.6) is 0 Å². The molecule has 0 amide bonds. The quantitative estimate of drug-likeness (QED) is 0.496. The fraction of sp³-hybridized carbons (Fsp3) is 0.438. The van der Waals surface area contributed by atoms with E-state index in [1.807, 2.05) is 23.0 Å². The Morgan fingerprint density at radius 2 is 2.00 bits per heavy atom. The highest BCUT2D eigenvalue weighted by Gasteiger charge is 2.15. The van der Waals surface area contributed by atoms with E-state index in [0.717, 1.165) is 29.5 Å². The summed E-state index contributed by atoms with van der Waals surface area (Å²) in [4.78, 5) is 9.86. The van der Waals surface area contributed by atoms with E-state index in [2.05, 4.69) is 27.3 Å². The van der Waals surface area contributed by atoms with Gasteiger partial charge in [-0.2, -0.15) is 5.10 Å². The third kappa shape index (κ3) is 3.50. The van der Waals surface area contributed by atoms with Crippen molar-refractivity contribution in [3.8, 4) is 0 Å². The summed E-state index contributed by atoms with van der Waals surface area (Å²) in [6.07, 6.45) is 14.4. The molecule has 0 radical (unpaired) electrons. The van der Waals surface area contributed by atoms with Crippen molar-refractivity contribution in [3.63, 3.8) is 0 Å². The Balaban J connectivity index is 2.00. The van der Waals surface area contributed by atoms with Crippen LogP contribution in [-0.4, -0.2) is 44.7 Å². The van der Waals surface area contributed by atoms with Crippen molar-refractivity contribution in [2.24, 2.45) is 5.10 Å². The van der Waals surface area contributed by atoms with Crippen molar-refractivity contribution in [1.82, 2.24) is 19.5 Å². The maximum atomic E-state index is 4.91. The number of hydrogen-bond donors (Lipinski definition) is 0. The lowest BCUT2D eigenvalue weighted by Crippen LogP contribution is -2.25. The number of aromatic nitrogens is 3. The van der Waals surface area contributed by atoms with Gasteiger partial charge in [-0.3, -0.25) is 14.6 Å². The Labute approximate surface area is 135 Å². The first kappa shape index (κ1) is 15.1. The van der Waals surface area contributed by atoms with E-state index in [-0.39, 0.29) is 0 Å². The van der Waals surface area contributed by atoms with E-state index in [1.165, 1.54) is 25.7 Å². The minimum Gasteiger partial charge on any atom is -0.295 e. The number of nitrogens with zero attached hydrogens (tertiary/aromatic N) is 5. The fourth-order valence-corrected chi connectivity index (χ4v) is 3.17. The predicted molar refractivity (Wildman–Crippen MR) is 90.2 cm³/mol. The molecule has 6 heteroatoms. The largest absolute Gasteiger partial charge is 0.295 e. The van der Waals surface area contributed by atoms with Crippen LogP contribution in [0.3, 0.4) is 0 Å². The number of imidazole rings is 1. The van der Waals surface area contributed by atoms with Crippen molar-refractivity contribution < 1.29 is 0 Å². The summed E-state index contributed by atoms with van der Waals surface area (Å²) >= 11 is 1.69. The summed E-state index contributed by atoms with van der Waals surface area (Å²) in [6.45, 7) is 2.03. The highest BCUT2D eigenvalue weighted by molar-refractivity contribution is 7.98. The van der Waals surface area contributed by atoms with Crippen LogP contribution in [0, 0.1) is 0 Å². The van der Waals surface area contributed by atoms with Gasteiger partial charge in [-0.05, 0) is 31.2 Å². The van der Waals surface area contributed by atoms with Crippen molar-refractivity contribution in [3.05, 3.63) is 42.7 Å². The molecule has 3 rings (SSSR count). The van der Waals surface area contributed by atoms with E-state index in [9.17, 15) is 0 Å². The average Bonchev–Trinajstić information content (AvgIpc) is 2.97. The van der Waals surface area contributed by atoms with Gasteiger partial charge in [-0.15, -0.1) is 11.8 Å². The minimum absolute atomic E-state index is 0.851. The van der Waals surface area contributed by atoms with Crippen molar-refractivity contribution >= 4 is 17.6 Å². The van der Waals surface area contributed by atoms with Crippen molar-refractivity contribution in [2.45, 2.75) is 30.6 Å². The van der Waals surface area contributed by atoms with Crippen molar-refractivity contribution in [1.29, 1.82) is 0 Å². The highest BCUT2D eigenvalue weighted by atomic mass is 32.2. The average molecular weight is 315 g/mol. The maximum Gasteiger partial charge on any atom is 0.185 e. The Morgan fingerprint density at radius 1 is 1.18 bits per heavy atom. The van der Waals surface area contributed by atoms with Crippen LogP contribution in [-0.2, 0) is 0 Å².